The van der Waals surface area contributed by atoms with E-state index < -0.39 is 11.4 Å². The molecule has 6 rings (SSSR count). The Balaban J connectivity index is 1.25. The van der Waals surface area contributed by atoms with Crippen molar-refractivity contribution >= 4 is 11.9 Å². The number of rotatable bonds is 5. The van der Waals surface area contributed by atoms with E-state index in [0.29, 0.717) is 18.3 Å². The number of ether oxygens (including phenoxy) is 1. The largest absolute Gasteiger partial charge is 0.481 e. The molecule has 5 fully saturated rings. The Kier molecular flexibility index (Phi) is 7.35. The highest BCUT2D eigenvalue weighted by Crippen LogP contribution is 2.75. The summed E-state index contributed by atoms with van der Waals surface area (Å²) in [7, 11) is 0. The fourth-order valence-electron chi connectivity index (χ4n) is 12.3. The molecule has 0 spiro atoms. The first kappa shape index (κ1) is 30.7. The molecule has 4 saturated carbocycles. The maximum absolute atomic E-state index is 13.0. The predicted molar refractivity (Wildman–Crippen MR) is 167 cm³/mol. The van der Waals surface area contributed by atoms with E-state index >= 15 is 0 Å². The Labute approximate surface area is 255 Å². The van der Waals surface area contributed by atoms with E-state index in [0.717, 1.165) is 71.0 Å². The van der Waals surface area contributed by atoms with E-state index in [2.05, 4.69) is 59.4 Å². The molecule has 0 unspecified atom stereocenters. The van der Waals surface area contributed by atoms with Crippen LogP contribution >= 0.6 is 0 Å². The smallest absolute Gasteiger partial charge is 0.310 e. The molecular formula is C37H59NO4. The number of likely N-dealkylation sites (tertiary alicyclic amines) is 1. The van der Waals surface area contributed by atoms with Gasteiger partial charge in [0.25, 0.3) is 0 Å². The summed E-state index contributed by atoms with van der Waals surface area (Å²) in [5.74, 6) is 0.679. The molecule has 0 radical (unpaired) electrons. The van der Waals surface area contributed by atoms with Gasteiger partial charge >= 0.3 is 11.9 Å². The van der Waals surface area contributed by atoms with Crippen LogP contribution in [-0.2, 0) is 14.3 Å². The summed E-state index contributed by atoms with van der Waals surface area (Å²) in [6.45, 7) is 20.2. The van der Waals surface area contributed by atoms with E-state index in [4.69, 9.17) is 4.74 Å². The fraction of sp³-hybridized carbons (Fsp3) is 0.892. The Morgan fingerprint density at radius 1 is 0.905 bits per heavy atom. The molecule has 0 aromatic carbocycles. The fourth-order valence-corrected chi connectivity index (χ4v) is 12.3. The number of carboxylic acids is 1. The first-order chi connectivity index (χ1) is 19.6. The van der Waals surface area contributed by atoms with Crippen molar-refractivity contribution < 1.29 is 19.4 Å². The summed E-state index contributed by atoms with van der Waals surface area (Å²) in [5, 5.41) is 10.6. The van der Waals surface area contributed by atoms with E-state index in [1.165, 1.54) is 31.3 Å². The van der Waals surface area contributed by atoms with Crippen molar-refractivity contribution in [3.63, 3.8) is 0 Å². The topological polar surface area (TPSA) is 66.8 Å². The van der Waals surface area contributed by atoms with Crippen LogP contribution in [0.4, 0.5) is 0 Å². The second kappa shape index (κ2) is 10.1. The van der Waals surface area contributed by atoms with Gasteiger partial charge in [0.2, 0.25) is 0 Å². The number of hydrogen-bond donors (Lipinski definition) is 1. The molecule has 0 bridgehead atoms. The predicted octanol–water partition coefficient (Wildman–Crippen LogP) is 8.27. The van der Waals surface area contributed by atoms with Gasteiger partial charge in [0.1, 0.15) is 6.10 Å². The molecule has 42 heavy (non-hydrogen) atoms. The summed E-state index contributed by atoms with van der Waals surface area (Å²) >= 11 is 0. The maximum atomic E-state index is 13.0. The molecule has 0 aromatic rings. The number of esters is 1. The lowest BCUT2D eigenvalue weighted by atomic mass is 9.33. The van der Waals surface area contributed by atoms with Gasteiger partial charge in [-0.25, -0.2) is 0 Å². The molecule has 1 saturated heterocycles. The van der Waals surface area contributed by atoms with Crippen molar-refractivity contribution in [2.24, 2.45) is 50.2 Å². The van der Waals surface area contributed by atoms with E-state index in [9.17, 15) is 14.7 Å². The van der Waals surface area contributed by atoms with Crippen LogP contribution in [0.2, 0.25) is 0 Å². The lowest BCUT2D eigenvalue weighted by Crippen LogP contribution is -2.65. The van der Waals surface area contributed by atoms with Gasteiger partial charge < -0.3 is 14.7 Å². The van der Waals surface area contributed by atoms with Gasteiger partial charge in [-0.15, -0.1) is 0 Å². The molecule has 236 valence electrons. The standard InChI is InChI=1S/C37H59NO4/c1-32(2)17-19-37(31(40)41)20-18-35(6)25(26(37)24-32)10-11-28-34(5)15-13-29(33(3,4)27(34)12-16-36(28,35)7)42-30(39)14-23-38-21-8-9-22-38/h10,26-29H,8-9,11-24H2,1-7H3,(H,40,41)/t26-,27-,28+,29-,34-,35+,36+,37-/m0/s1. The van der Waals surface area contributed by atoms with Crippen LogP contribution in [0.5, 0.6) is 0 Å². The van der Waals surface area contributed by atoms with Crippen LogP contribution in [-0.4, -0.2) is 47.7 Å². The number of carbonyl (C=O) groups excluding carboxylic acids is 1. The molecular weight excluding hydrogens is 522 g/mol. The first-order valence-corrected chi connectivity index (χ1v) is 17.4. The average molecular weight is 582 g/mol. The quantitative estimate of drug-likeness (QED) is 0.261. The zero-order chi connectivity index (χ0) is 30.3. The van der Waals surface area contributed by atoms with Gasteiger partial charge in [0.15, 0.2) is 0 Å². The van der Waals surface area contributed by atoms with Crippen molar-refractivity contribution in [1.82, 2.24) is 4.90 Å². The first-order valence-electron chi connectivity index (χ1n) is 17.4. The van der Waals surface area contributed by atoms with Crippen LogP contribution < -0.4 is 0 Å². The molecule has 5 nitrogen and oxygen atoms in total. The van der Waals surface area contributed by atoms with Gasteiger partial charge in [-0.3, -0.25) is 9.59 Å². The summed E-state index contributed by atoms with van der Waals surface area (Å²) in [6.07, 6.45) is 15.7. The van der Waals surface area contributed by atoms with Gasteiger partial charge in [-0.05, 0) is 130 Å². The zero-order valence-corrected chi connectivity index (χ0v) is 27.8. The van der Waals surface area contributed by atoms with Crippen LogP contribution in [0.25, 0.3) is 0 Å². The van der Waals surface area contributed by atoms with Crippen molar-refractivity contribution in [3.05, 3.63) is 11.6 Å². The third-order valence-electron chi connectivity index (χ3n) is 15.1. The minimum atomic E-state index is -0.579. The Hall–Kier alpha value is -1.36. The van der Waals surface area contributed by atoms with E-state index in [-0.39, 0.29) is 45.1 Å². The number of nitrogens with zero attached hydrogens (tertiary/aromatic N) is 1. The zero-order valence-electron chi connectivity index (χ0n) is 27.8. The molecule has 8 atom stereocenters. The van der Waals surface area contributed by atoms with Crippen LogP contribution in [0, 0.1) is 50.2 Å². The van der Waals surface area contributed by atoms with Crippen molar-refractivity contribution in [2.75, 3.05) is 19.6 Å². The second-order valence-electron chi connectivity index (χ2n) is 17.8. The van der Waals surface area contributed by atoms with Gasteiger partial charge in [0, 0.05) is 12.0 Å². The molecule has 1 aliphatic heterocycles. The number of hydrogen-bond acceptors (Lipinski definition) is 4. The molecule has 5 aliphatic carbocycles. The summed E-state index contributed by atoms with van der Waals surface area (Å²) < 4.78 is 6.31. The molecule has 1 heterocycles. The minimum absolute atomic E-state index is 0.00776. The highest BCUT2D eigenvalue weighted by molar-refractivity contribution is 5.76. The van der Waals surface area contributed by atoms with Crippen molar-refractivity contribution in [1.29, 1.82) is 0 Å². The monoisotopic (exact) mass is 581 g/mol. The number of carboxylic acid groups (broad SMARTS) is 1. The third-order valence-corrected chi connectivity index (χ3v) is 15.1. The minimum Gasteiger partial charge on any atom is -0.481 e. The highest BCUT2D eigenvalue weighted by Gasteiger charge is 2.69. The summed E-state index contributed by atoms with van der Waals surface area (Å²) in [4.78, 5) is 28.3. The Morgan fingerprint density at radius 2 is 1.60 bits per heavy atom. The summed E-state index contributed by atoms with van der Waals surface area (Å²) in [6, 6.07) is 0. The molecule has 0 amide bonds. The number of allylic oxidation sites excluding steroid dienone is 2. The molecule has 0 aromatic heterocycles. The number of carbonyl (C=O) groups is 2. The Morgan fingerprint density at radius 3 is 2.29 bits per heavy atom. The maximum Gasteiger partial charge on any atom is 0.310 e. The van der Waals surface area contributed by atoms with Crippen LogP contribution in [0.3, 0.4) is 0 Å². The van der Waals surface area contributed by atoms with Gasteiger partial charge in [-0.2, -0.15) is 0 Å². The van der Waals surface area contributed by atoms with Crippen molar-refractivity contribution in [2.45, 2.75) is 138 Å². The average Bonchev–Trinajstić information content (AvgIpc) is 3.43. The van der Waals surface area contributed by atoms with Gasteiger partial charge in [0.05, 0.1) is 11.8 Å². The lowest BCUT2D eigenvalue weighted by molar-refractivity contribution is -0.214. The Bertz CT molecular complexity index is 1130. The number of fused-ring (bicyclic) bond motifs is 7. The van der Waals surface area contributed by atoms with Crippen LogP contribution in [0.1, 0.15) is 132 Å². The van der Waals surface area contributed by atoms with Crippen LogP contribution in [0.15, 0.2) is 11.6 Å². The lowest BCUT2D eigenvalue weighted by Gasteiger charge is -2.71. The molecule has 1 N–H and O–H groups in total. The molecule has 6 aliphatic rings. The highest BCUT2D eigenvalue weighted by atomic mass is 16.5. The van der Waals surface area contributed by atoms with Gasteiger partial charge in [-0.1, -0.05) is 60.1 Å². The van der Waals surface area contributed by atoms with Crippen molar-refractivity contribution in [3.8, 4) is 0 Å². The third kappa shape index (κ3) is 4.39. The second-order valence-corrected chi connectivity index (χ2v) is 17.8. The van der Waals surface area contributed by atoms with E-state index in [1.807, 2.05) is 0 Å². The summed E-state index contributed by atoms with van der Waals surface area (Å²) in [5.41, 5.74) is 1.45. The SMILES string of the molecule is CC1(C)CC[C@]2(C(=O)O)CC[C@]3(C)C(=CC[C@@H]4[C@@]5(C)CC[C@H](OC(=O)CCN6CCCC6)C(C)(C)[C@@H]5CC[C@]43C)[C@@H]2C1. The number of aliphatic carboxylic acids is 1. The molecule has 5 heteroatoms. The normalized spacial score (nSPS) is 45.9. The van der Waals surface area contributed by atoms with E-state index in [1.54, 1.807) is 0 Å².